The van der Waals surface area contributed by atoms with Crippen LogP contribution in [0.1, 0.15) is 24.4 Å². The maximum atomic E-state index is 12.0. The van der Waals surface area contributed by atoms with Gasteiger partial charge in [-0.3, -0.25) is 9.59 Å². The summed E-state index contributed by atoms with van der Waals surface area (Å²) in [7, 11) is 0. The van der Waals surface area contributed by atoms with Crippen LogP contribution in [0.2, 0.25) is 5.02 Å². The molecule has 0 fully saturated rings. The van der Waals surface area contributed by atoms with E-state index in [0.717, 1.165) is 0 Å². The molecular formula is C13H12ClN3O4. The van der Waals surface area contributed by atoms with Gasteiger partial charge in [-0.1, -0.05) is 29.8 Å². The molecule has 1 atom stereocenters. The van der Waals surface area contributed by atoms with Crippen molar-refractivity contribution < 1.29 is 19.5 Å². The van der Waals surface area contributed by atoms with Gasteiger partial charge in [0.25, 0.3) is 5.91 Å². The van der Waals surface area contributed by atoms with Crippen LogP contribution in [0.3, 0.4) is 0 Å². The van der Waals surface area contributed by atoms with E-state index >= 15 is 0 Å². The van der Waals surface area contributed by atoms with Gasteiger partial charge in [-0.25, -0.2) is 10.2 Å². The van der Waals surface area contributed by atoms with E-state index in [0.29, 0.717) is 0 Å². The molecule has 1 aromatic rings. The lowest BCUT2D eigenvalue weighted by Crippen LogP contribution is -2.41. The van der Waals surface area contributed by atoms with Crippen LogP contribution in [0.5, 0.6) is 0 Å². The molecule has 21 heavy (non-hydrogen) atoms. The van der Waals surface area contributed by atoms with Crippen LogP contribution in [0.15, 0.2) is 29.4 Å². The standard InChI is InChI=1S/C13H12ClN3O4/c14-8-4-2-1-3-7(8)11(13(20)21)15-12(19)9-5-6-10(18)17-16-9/h1-4,11H,5-6H2,(H,15,19)(H,17,18)(H,20,21)/t11-/m1/s1. The number of amides is 2. The van der Waals surface area contributed by atoms with Crippen LogP contribution in [0, 0.1) is 0 Å². The lowest BCUT2D eigenvalue weighted by Gasteiger charge is -2.18. The molecule has 1 aliphatic rings. The van der Waals surface area contributed by atoms with Crippen molar-refractivity contribution in [3.63, 3.8) is 0 Å². The van der Waals surface area contributed by atoms with Crippen LogP contribution in [-0.2, 0) is 14.4 Å². The lowest BCUT2D eigenvalue weighted by molar-refractivity contribution is -0.141. The molecule has 1 heterocycles. The Morgan fingerprint density at radius 2 is 2.05 bits per heavy atom. The number of nitrogens with one attached hydrogen (secondary N) is 2. The first-order chi connectivity index (χ1) is 9.99. The quantitative estimate of drug-likeness (QED) is 0.766. The van der Waals surface area contributed by atoms with Crippen LogP contribution in [0.25, 0.3) is 0 Å². The van der Waals surface area contributed by atoms with E-state index in [1.54, 1.807) is 12.1 Å². The number of nitrogens with zero attached hydrogens (tertiary/aromatic N) is 1. The molecule has 0 unspecified atom stereocenters. The summed E-state index contributed by atoms with van der Waals surface area (Å²) in [4.78, 5) is 34.3. The van der Waals surface area contributed by atoms with Crippen molar-refractivity contribution in [2.75, 3.05) is 0 Å². The van der Waals surface area contributed by atoms with Gasteiger partial charge in [0.05, 0.1) is 0 Å². The third-order valence-electron chi connectivity index (χ3n) is 2.91. The van der Waals surface area contributed by atoms with E-state index in [2.05, 4.69) is 15.8 Å². The molecule has 0 saturated carbocycles. The zero-order valence-electron chi connectivity index (χ0n) is 10.8. The van der Waals surface area contributed by atoms with Crippen LogP contribution in [-0.4, -0.2) is 28.6 Å². The summed E-state index contributed by atoms with van der Waals surface area (Å²) in [6.45, 7) is 0. The minimum Gasteiger partial charge on any atom is -0.479 e. The second kappa shape index (κ2) is 6.36. The highest BCUT2D eigenvalue weighted by molar-refractivity contribution is 6.40. The average molecular weight is 310 g/mol. The van der Waals surface area contributed by atoms with Crippen molar-refractivity contribution in [1.82, 2.24) is 10.7 Å². The van der Waals surface area contributed by atoms with Gasteiger partial charge >= 0.3 is 5.97 Å². The van der Waals surface area contributed by atoms with Gasteiger partial charge < -0.3 is 10.4 Å². The number of carbonyl (C=O) groups is 3. The molecule has 2 rings (SSSR count). The summed E-state index contributed by atoms with van der Waals surface area (Å²) in [5.41, 5.74) is 2.54. The van der Waals surface area contributed by atoms with E-state index in [-0.39, 0.29) is 35.0 Å². The third-order valence-corrected chi connectivity index (χ3v) is 3.25. The monoisotopic (exact) mass is 309 g/mol. The average Bonchev–Trinajstić information content (AvgIpc) is 2.46. The first-order valence-corrected chi connectivity index (χ1v) is 6.50. The molecule has 8 heteroatoms. The molecule has 0 aromatic heterocycles. The number of hydrogen-bond acceptors (Lipinski definition) is 4. The predicted molar refractivity (Wildman–Crippen MR) is 74.8 cm³/mol. The van der Waals surface area contributed by atoms with E-state index < -0.39 is 17.9 Å². The molecule has 1 aromatic carbocycles. The molecule has 0 aliphatic carbocycles. The van der Waals surface area contributed by atoms with Crippen LogP contribution in [0.4, 0.5) is 0 Å². The number of halogens is 1. The summed E-state index contributed by atoms with van der Waals surface area (Å²) < 4.78 is 0. The van der Waals surface area contributed by atoms with Crippen molar-refractivity contribution in [1.29, 1.82) is 0 Å². The number of aliphatic carboxylic acids is 1. The minimum absolute atomic E-state index is 0.0768. The van der Waals surface area contributed by atoms with Gasteiger partial charge in [0.2, 0.25) is 5.91 Å². The van der Waals surface area contributed by atoms with Gasteiger partial charge in [-0.15, -0.1) is 0 Å². The maximum Gasteiger partial charge on any atom is 0.330 e. The smallest absolute Gasteiger partial charge is 0.330 e. The number of hydrazone groups is 1. The fraction of sp³-hybridized carbons (Fsp3) is 0.231. The lowest BCUT2D eigenvalue weighted by atomic mass is 10.1. The Morgan fingerprint density at radius 3 is 2.62 bits per heavy atom. The molecule has 110 valence electrons. The summed E-state index contributed by atoms with van der Waals surface area (Å²) in [5.74, 6) is -2.17. The van der Waals surface area contributed by atoms with E-state index in [4.69, 9.17) is 11.6 Å². The Morgan fingerprint density at radius 1 is 1.33 bits per heavy atom. The van der Waals surface area contributed by atoms with Crippen molar-refractivity contribution >= 4 is 35.1 Å². The van der Waals surface area contributed by atoms with E-state index in [1.807, 2.05) is 0 Å². The molecule has 1 aliphatic heterocycles. The van der Waals surface area contributed by atoms with Gasteiger partial charge in [0.1, 0.15) is 5.71 Å². The molecule has 0 radical (unpaired) electrons. The highest BCUT2D eigenvalue weighted by Crippen LogP contribution is 2.23. The van der Waals surface area contributed by atoms with Crippen molar-refractivity contribution in [2.45, 2.75) is 18.9 Å². The van der Waals surface area contributed by atoms with Crippen molar-refractivity contribution in [2.24, 2.45) is 5.10 Å². The van der Waals surface area contributed by atoms with Gasteiger partial charge in [-0.05, 0) is 6.07 Å². The fourth-order valence-corrected chi connectivity index (χ4v) is 2.08. The molecule has 0 saturated heterocycles. The number of carboxylic acids is 1. The van der Waals surface area contributed by atoms with Crippen LogP contribution < -0.4 is 10.7 Å². The summed E-state index contributed by atoms with van der Waals surface area (Å²) in [6, 6.07) is 5.06. The molecule has 0 bridgehead atoms. The fourth-order valence-electron chi connectivity index (χ4n) is 1.83. The van der Waals surface area contributed by atoms with Gasteiger partial charge in [-0.2, -0.15) is 5.10 Å². The summed E-state index contributed by atoms with van der Waals surface area (Å²) in [6.07, 6.45) is 0.294. The topological polar surface area (TPSA) is 108 Å². The zero-order chi connectivity index (χ0) is 15.4. The largest absolute Gasteiger partial charge is 0.479 e. The van der Waals surface area contributed by atoms with Crippen molar-refractivity contribution in [3.8, 4) is 0 Å². The second-order valence-corrected chi connectivity index (χ2v) is 4.77. The molecule has 0 spiro atoms. The van der Waals surface area contributed by atoms with Gasteiger partial charge in [0, 0.05) is 23.4 Å². The Hall–Kier alpha value is -2.41. The van der Waals surface area contributed by atoms with Gasteiger partial charge in [0.15, 0.2) is 6.04 Å². The number of benzene rings is 1. The molecule has 7 nitrogen and oxygen atoms in total. The minimum atomic E-state index is -1.29. The first kappa shape index (κ1) is 15.0. The Balaban J connectivity index is 2.18. The highest BCUT2D eigenvalue weighted by Gasteiger charge is 2.27. The summed E-state index contributed by atoms with van der Waals surface area (Å²) in [5, 5.41) is 15.5. The Kier molecular flexibility index (Phi) is 4.54. The second-order valence-electron chi connectivity index (χ2n) is 4.36. The SMILES string of the molecule is O=C1CCC(C(=O)N[C@@H](C(=O)O)c2ccccc2Cl)=NN1. The highest BCUT2D eigenvalue weighted by atomic mass is 35.5. The van der Waals surface area contributed by atoms with Crippen molar-refractivity contribution in [3.05, 3.63) is 34.9 Å². The number of carbonyl (C=O) groups excluding carboxylic acids is 2. The third kappa shape index (κ3) is 3.57. The summed E-state index contributed by atoms with van der Waals surface area (Å²) >= 11 is 5.95. The first-order valence-electron chi connectivity index (χ1n) is 6.12. The number of carboxylic acid groups (broad SMARTS) is 1. The Bertz CT molecular complexity index is 630. The maximum absolute atomic E-state index is 12.0. The molecular weight excluding hydrogens is 298 g/mol. The van der Waals surface area contributed by atoms with E-state index in [9.17, 15) is 19.5 Å². The van der Waals surface area contributed by atoms with Crippen LogP contribution >= 0.6 is 11.6 Å². The predicted octanol–water partition coefficient (Wildman–Crippen LogP) is 0.848. The molecule has 2 amide bonds. The van der Waals surface area contributed by atoms with E-state index in [1.165, 1.54) is 12.1 Å². The molecule has 3 N–H and O–H groups in total. The normalized spacial score (nSPS) is 15.7. The number of rotatable bonds is 4. The number of hydrogen-bond donors (Lipinski definition) is 3. The Labute approximate surface area is 125 Å². The zero-order valence-corrected chi connectivity index (χ0v) is 11.6.